The van der Waals surface area contributed by atoms with E-state index < -0.39 is 155 Å². The van der Waals surface area contributed by atoms with Gasteiger partial charge in [-0.3, -0.25) is 9.59 Å². The highest BCUT2D eigenvalue weighted by Gasteiger charge is 2.60. The number of hydrogen-bond donors (Lipinski definition) is 14. The normalized spacial score (nSPS) is 29.3. The van der Waals surface area contributed by atoms with Gasteiger partial charge in [-0.2, -0.15) is 0 Å². The average Bonchev–Trinajstić information content (AvgIpc) is 1.87. The summed E-state index contributed by atoms with van der Waals surface area (Å²) < 4.78 is 34.7. The van der Waals surface area contributed by atoms with Gasteiger partial charge in [0.2, 0.25) is 11.8 Å². The van der Waals surface area contributed by atoms with E-state index in [9.17, 15) is 75.7 Å². The first-order chi connectivity index (χ1) is 41.9. The topological polar surface area (TPSA) is 373 Å². The van der Waals surface area contributed by atoms with Gasteiger partial charge in [-0.1, -0.05) is 186 Å². The first-order valence-corrected chi connectivity index (χ1v) is 33.2. The van der Waals surface area contributed by atoms with Crippen molar-refractivity contribution in [3.05, 3.63) is 24.3 Å². The van der Waals surface area contributed by atoms with Crippen LogP contribution in [0.1, 0.15) is 226 Å². The van der Waals surface area contributed by atoms with E-state index >= 15 is 0 Å². The molecule has 0 aromatic carbocycles. The van der Waals surface area contributed by atoms with Gasteiger partial charge in [-0.05, 0) is 44.9 Å². The van der Waals surface area contributed by atoms with Crippen LogP contribution in [0.5, 0.6) is 0 Å². The molecule has 3 heterocycles. The highest BCUT2D eigenvalue weighted by Crippen LogP contribution is 2.38. The highest BCUT2D eigenvalue weighted by molar-refractivity contribution is 5.77. The quantitative estimate of drug-likeness (QED) is 0.0285. The van der Waals surface area contributed by atoms with Crippen LogP contribution >= 0.6 is 0 Å². The van der Waals surface area contributed by atoms with Gasteiger partial charge in [0.1, 0.15) is 67.1 Å². The molecule has 0 radical (unpaired) electrons. The molecule has 0 aromatic rings. The zero-order chi connectivity index (χ0) is 64.0. The number of aliphatic hydroxyl groups is 11. The molecule has 3 fully saturated rings. The second-order valence-electron chi connectivity index (χ2n) is 24.3. The fourth-order valence-electron chi connectivity index (χ4n) is 11.5. The fourth-order valence-corrected chi connectivity index (χ4v) is 11.5. The largest absolute Gasteiger partial charge is 0.477 e. The van der Waals surface area contributed by atoms with Gasteiger partial charge in [0.15, 0.2) is 12.6 Å². The van der Waals surface area contributed by atoms with Crippen LogP contribution < -0.4 is 10.6 Å². The van der Waals surface area contributed by atoms with Crippen molar-refractivity contribution in [2.45, 2.75) is 336 Å². The van der Waals surface area contributed by atoms with E-state index in [2.05, 4.69) is 36.6 Å². The summed E-state index contributed by atoms with van der Waals surface area (Å²) in [5.74, 6) is -6.15. The number of aliphatic hydroxyl groups excluding tert-OH is 11. The van der Waals surface area contributed by atoms with Crippen LogP contribution in [0.15, 0.2) is 24.3 Å². The number of carboxylic acids is 1. The SMILES string of the molecule is CCCCCCCCC/C=C/C(O)C(COC1OC(CO)C(OC2OC(CO)C(O)C(OC3(C(=O)O)CC(O)C(NC(C)=O)C(C(O)C(O)CO)O3)C2O)C(O)C1O)NC(=O)CCCCCCCCCC/C=C\CCCCCCCCCCCCCC. The molecule has 3 rings (SSSR count). The summed E-state index contributed by atoms with van der Waals surface area (Å²) in [5, 5.41) is 135. The van der Waals surface area contributed by atoms with Gasteiger partial charge in [0.05, 0.1) is 50.7 Å². The molecule has 0 spiro atoms. The Hall–Kier alpha value is -2.79. The number of carboxylic acid groups (broad SMARTS) is 1. The number of unbranched alkanes of at least 4 members (excludes halogenated alkanes) is 27. The van der Waals surface area contributed by atoms with Crippen molar-refractivity contribution in [2.75, 3.05) is 26.4 Å². The Morgan fingerprint density at radius 2 is 1.08 bits per heavy atom. The average molecular weight is 1250 g/mol. The number of aliphatic carboxylic acids is 1. The zero-order valence-corrected chi connectivity index (χ0v) is 52.6. The molecule has 0 aromatic heterocycles. The molecule has 2 amide bonds. The van der Waals surface area contributed by atoms with Crippen LogP contribution in [-0.4, -0.2) is 215 Å². The van der Waals surface area contributed by atoms with Crippen molar-refractivity contribution in [1.29, 1.82) is 0 Å². The number of ether oxygens (including phenoxy) is 6. The number of hydrogen-bond acceptors (Lipinski definition) is 20. The van der Waals surface area contributed by atoms with E-state index in [0.717, 1.165) is 71.1 Å². The standard InChI is InChI=1S/C64H116N2O21/c1-4-6-8-10-12-14-15-16-17-18-19-20-21-22-23-24-25-26-27-28-30-32-34-36-38-51(74)66-45(46(71)37-35-33-31-29-13-11-9-7-5-2)43-82-61-56(78)55(77)58(50(42-69)84-61)85-62-57(79)60(54(76)49(41-68)83-62)87-64(63(80)81)39-47(72)52(65-44(3)70)59(86-64)53(75)48(73)40-67/h22-23,35,37,45-50,52-62,67-69,71-73,75-79H,4-21,24-34,36,38-43H2,1-3H3,(H,65,70)(H,66,74)(H,80,81)/b23-22-,37-35+. The summed E-state index contributed by atoms with van der Waals surface area (Å²) in [6.45, 7) is 2.08. The molecule has 87 heavy (non-hydrogen) atoms. The van der Waals surface area contributed by atoms with Crippen molar-refractivity contribution in [3.8, 4) is 0 Å². The Labute approximate surface area is 517 Å². The molecule has 3 aliphatic rings. The minimum Gasteiger partial charge on any atom is -0.477 e. The molecule has 18 unspecified atom stereocenters. The zero-order valence-electron chi connectivity index (χ0n) is 52.6. The molecule has 23 nitrogen and oxygen atoms in total. The van der Waals surface area contributed by atoms with Gasteiger partial charge < -0.3 is 100 Å². The van der Waals surface area contributed by atoms with Crippen LogP contribution in [0.3, 0.4) is 0 Å². The second kappa shape index (κ2) is 45.5. The number of nitrogens with one attached hydrogen (secondary N) is 2. The lowest BCUT2D eigenvalue weighted by molar-refractivity contribution is -0.386. The van der Waals surface area contributed by atoms with Gasteiger partial charge in [-0.25, -0.2) is 4.79 Å². The molecule has 508 valence electrons. The van der Waals surface area contributed by atoms with Crippen molar-refractivity contribution >= 4 is 17.8 Å². The maximum Gasteiger partial charge on any atom is 0.364 e. The Morgan fingerprint density at radius 3 is 1.56 bits per heavy atom. The number of allylic oxidation sites excluding steroid dienone is 3. The predicted molar refractivity (Wildman–Crippen MR) is 324 cm³/mol. The van der Waals surface area contributed by atoms with E-state index in [1.807, 2.05) is 6.08 Å². The lowest BCUT2D eigenvalue weighted by Crippen LogP contribution is -2.70. The molecular formula is C64H116N2O21. The molecule has 23 heteroatoms. The van der Waals surface area contributed by atoms with Gasteiger partial charge >= 0.3 is 5.97 Å². The maximum atomic E-state index is 13.4. The van der Waals surface area contributed by atoms with Crippen LogP contribution in [0.4, 0.5) is 0 Å². The van der Waals surface area contributed by atoms with Crippen LogP contribution in [0.25, 0.3) is 0 Å². The molecule has 0 aliphatic carbocycles. The van der Waals surface area contributed by atoms with Crippen molar-refractivity contribution in [2.24, 2.45) is 0 Å². The monoisotopic (exact) mass is 1250 g/mol. The van der Waals surface area contributed by atoms with Crippen LogP contribution in [0.2, 0.25) is 0 Å². The number of carbonyl (C=O) groups is 3. The summed E-state index contributed by atoms with van der Waals surface area (Å²) in [5.41, 5.74) is 0. The van der Waals surface area contributed by atoms with Crippen molar-refractivity contribution < 1.29 is 104 Å². The third-order valence-corrected chi connectivity index (χ3v) is 16.9. The molecular weight excluding hydrogens is 1130 g/mol. The summed E-state index contributed by atoms with van der Waals surface area (Å²) in [6, 6.07) is -2.62. The molecule has 3 saturated heterocycles. The van der Waals surface area contributed by atoms with Crippen LogP contribution in [-0.2, 0) is 42.8 Å². The second-order valence-corrected chi connectivity index (χ2v) is 24.3. The van der Waals surface area contributed by atoms with E-state index in [0.29, 0.717) is 12.8 Å². The highest BCUT2D eigenvalue weighted by atomic mass is 16.8. The Morgan fingerprint density at radius 1 is 0.598 bits per heavy atom. The van der Waals surface area contributed by atoms with E-state index in [-0.39, 0.29) is 12.3 Å². The minimum atomic E-state index is -3.08. The van der Waals surface area contributed by atoms with E-state index in [1.165, 1.54) is 116 Å². The summed E-state index contributed by atoms with van der Waals surface area (Å²) >= 11 is 0. The van der Waals surface area contributed by atoms with E-state index in [4.69, 9.17) is 28.4 Å². The molecule has 3 aliphatic heterocycles. The van der Waals surface area contributed by atoms with E-state index in [1.54, 1.807) is 6.08 Å². The number of rotatable bonds is 49. The lowest BCUT2D eigenvalue weighted by atomic mass is 9.88. The molecule has 0 bridgehead atoms. The first-order valence-electron chi connectivity index (χ1n) is 33.2. The number of amides is 2. The van der Waals surface area contributed by atoms with Crippen LogP contribution in [0, 0.1) is 0 Å². The minimum absolute atomic E-state index is 0.197. The summed E-state index contributed by atoms with van der Waals surface area (Å²) in [6.07, 6.45) is 14.1. The van der Waals surface area contributed by atoms with Gasteiger partial charge in [0, 0.05) is 19.8 Å². The van der Waals surface area contributed by atoms with Crippen molar-refractivity contribution in [1.82, 2.24) is 10.6 Å². The first kappa shape index (κ1) is 78.5. The molecule has 14 N–H and O–H groups in total. The summed E-state index contributed by atoms with van der Waals surface area (Å²) in [7, 11) is 0. The summed E-state index contributed by atoms with van der Waals surface area (Å²) in [4.78, 5) is 38.4. The number of carbonyl (C=O) groups excluding carboxylic acids is 2. The third-order valence-electron chi connectivity index (χ3n) is 16.9. The lowest BCUT2D eigenvalue weighted by Gasteiger charge is -2.50. The van der Waals surface area contributed by atoms with Crippen molar-refractivity contribution in [3.63, 3.8) is 0 Å². The molecule has 0 saturated carbocycles. The smallest absolute Gasteiger partial charge is 0.364 e. The third kappa shape index (κ3) is 28.7. The van der Waals surface area contributed by atoms with Gasteiger partial charge in [-0.15, -0.1) is 0 Å². The predicted octanol–water partition coefficient (Wildman–Crippen LogP) is 4.89. The Balaban J connectivity index is 1.55. The van der Waals surface area contributed by atoms with Gasteiger partial charge in [0.25, 0.3) is 5.79 Å². The fraction of sp³-hybridized carbons (Fsp3) is 0.891. The maximum absolute atomic E-state index is 13.4. The Kier molecular flexibility index (Phi) is 41.0. The molecule has 18 atom stereocenters. The Bertz CT molecular complexity index is 1870.